The van der Waals surface area contributed by atoms with Crippen LogP contribution < -0.4 is 9.64 Å². The minimum Gasteiger partial charge on any atom is -0.497 e. The van der Waals surface area contributed by atoms with Gasteiger partial charge in [-0.3, -0.25) is 4.90 Å². The fourth-order valence-electron chi connectivity index (χ4n) is 2.94. The van der Waals surface area contributed by atoms with Crippen LogP contribution in [0.3, 0.4) is 0 Å². The fraction of sp³-hybridized carbons (Fsp3) is 0.533. The lowest BCUT2D eigenvalue weighted by Crippen LogP contribution is -2.61. The van der Waals surface area contributed by atoms with Crippen LogP contribution in [0.5, 0.6) is 5.75 Å². The Morgan fingerprint density at radius 3 is 2.86 bits per heavy atom. The van der Waals surface area contributed by atoms with Crippen LogP contribution in [0.2, 0.25) is 0 Å². The van der Waals surface area contributed by atoms with Crippen LogP contribution in [0.15, 0.2) is 18.2 Å². The fourth-order valence-corrected chi connectivity index (χ4v) is 3.91. The zero-order chi connectivity index (χ0) is 14.2. The maximum atomic E-state index is 5.41. The van der Waals surface area contributed by atoms with Gasteiger partial charge in [0.2, 0.25) is 0 Å². The van der Waals surface area contributed by atoms with Gasteiger partial charge in [0.05, 0.1) is 30.5 Å². The third-order valence-electron chi connectivity index (χ3n) is 4.28. The van der Waals surface area contributed by atoms with E-state index in [-0.39, 0.29) is 0 Å². The number of fused-ring (bicyclic) bond motifs is 1. The van der Waals surface area contributed by atoms with Crippen molar-refractivity contribution in [1.82, 2.24) is 9.88 Å². The van der Waals surface area contributed by atoms with Crippen molar-refractivity contribution in [3.63, 3.8) is 0 Å². The number of morpholine rings is 1. The number of rotatable bonds is 3. The van der Waals surface area contributed by atoms with Crippen LogP contribution in [-0.4, -0.2) is 62.4 Å². The van der Waals surface area contributed by atoms with Crippen molar-refractivity contribution in [3.8, 4) is 5.75 Å². The monoisotopic (exact) mass is 305 g/mol. The summed E-state index contributed by atoms with van der Waals surface area (Å²) < 4.78 is 11.9. The van der Waals surface area contributed by atoms with Crippen LogP contribution in [-0.2, 0) is 4.74 Å². The van der Waals surface area contributed by atoms with E-state index in [4.69, 9.17) is 14.5 Å². The van der Waals surface area contributed by atoms with E-state index in [0.29, 0.717) is 6.04 Å². The molecule has 1 aromatic carbocycles. The van der Waals surface area contributed by atoms with Crippen molar-refractivity contribution >= 4 is 26.7 Å². The van der Waals surface area contributed by atoms with E-state index in [9.17, 15) is 0 Å². The van der Waals surface area contributed by atoms with Gasteiger partial charge in [-0.15, -0.1) is 0 Å². The average Bonchev–Trinajstić information content (AvgIpc) is 2.89. The van der Waals surface area contributed by atoms with Crippen molar-refractivity contribution in [2.24, 2.45) is 0 Å². The summed E-state index contributed by atoms with van der Waals surface area (Å²) in [5, 5.41) is 1.13. The van der Waals surface area contributed by atoms with Gasteiger partial charge in [0, 0.05) is 38.3 Å². The number of ether oxygens (including phenoxy) is 2. The van der Waals surface area contributed by atoms with E-state index >= 15 is 0 Å². The van der Waals surface area contributed by atoms with Gasteiger partial charge < -0.3 is 14.4 Å². The van der Waals surface area contributed by atoms with E-state index in [2.05, 4.69) is 15.9 Å². The molecule has 1 aromatic heterocycles. The molecular formula is C15H19N3O2S. The molecule has 4 rings (SSSR count). The molecule has 2 fully saturated rings. The van der Waals surface area contributed by atoms with E-state index in [0.717, 1.165) is 55.8 Å². The highest BCUT2D eigenvalue weighted by atomic mass is 32.1. The quantitative estimate of drug-likeness (QED) is 0.865. The molecule has 0 saturated carbocycles. The van der Waals surface area contributed by atoms with Crippen LogP contribution >= 0.6 is 11.3 Å². The lowest BCUT2D eigenvalue weighted by molar-refractivity contribution is 0.0105. The number of aromatic nitrogens is 1. The molecule has 5 nitrogen and oxygen atoms in total. The highest BCUT2D eigenvalue weighted by Crippen LogP contribution is 2.34. The first-order valence-corrected chi connectivity index (χ1v) is 8.16. The molecule has 0 bridgehead atoms. The molecule has 3 heterocycles. The van der Waals surface area contributed by atoms with Crippen LogP contribution in [0.4, 0.5) is 5.13 Å². The topological polar surface area (TPSA) is 37.8 Å². The number of nitrogens with zero attached hydrogens (tertiary/aromatic N) is 3. The van der Waals surface area contributed by atoms with Crippen LogP contribution in [0, 0.1) is 0 Å². The standard InChI is InChI=1S/C15H19N3O2S/c1-19-12-2-3-14-13(8-12)16-15(21-14)18-9-11(10-18)17-4-6-20-7-5-17/h2-3,8,11H,4-7,9-10H2,1H3. The summed E-state index contributed by atoms with van der Waals surface area (Å²) in [7, 11) is 1.69. The van der Waals surface area contributed by atoms with E-state index in [1.54, 1.807) is 18.4 Å². The van der Waals surface area contributed by atoms with Gasteiger partial charge in [0.15, 0.2) is 5.13 Å². The van der Waals surface area contributed by atoms with Crippen molar-refractivity contribution < 1.29 is 9.47 Å². The molecule has 0 unspecified atom stereocenters. The summed E-state index contributed by atoms with van der Waals surface area (Å²) in [6.07, 6.45) is 0. The van der Waals surface area contributed by atoms with Gasteiger partial charge in [-0.25, -0.2) is 4.98 Å². The summed E-state index contributed by atoms with van der Waals surface area (Å²) in [6.45, 7) is 6.04. The van der Waals surface area contributed by atoms with Crippen molar-refractivity contribution in [1.29, 1.82) is 0 Å². The van der Waals surface area contributed by atoms with Crippen molar-refractivity contribution in [2.75, 3.05) is 51.4 Å². The Hall–Kier alpha value is -1.37. The molecular weight excluding hydrogens is 286 g/mol. The lowest BCUT2D eigenvalue weighted by Gasteiger charge is -2.46. The molecule has 2 saturated heterocycles. The predicted molar refractivity (Wildman–Crippen MR) is 84.6 cm³/mol. The first-order valence-electron chi connectivity index (χ1n) is 7.35. The molecule has 0 aliphatic carbocycles. The van der Waals surface area contributed by atoms with Gasteiger partial charge in [0.25, 0.3) is 0 Å². The van der Waals surface area contributed by atoms with E-state index < -0.39 is 0 Å². The molecule has 2 aliphatic heterocycles. The molecule has 6 heteroatoms. The number of hydrogen-bond donors (Lipinski definition) is 0. The third kappa shape index (κ3) is 2.47. The molecule has 0 atom stereocenters. The first kappa shape index (κ1) is 13.3. The largest absolute Gasteiger partial charge is 0.497 e. The van der Waals surface area contributed by atoms with Gasteiger partial charge in [-0.2, -0.15) is 0 Å². The minimum atomic E-state index is 0.662. The smallest absolute Gasteiger partial charge is 0.186 e. The van der Waals surface area contributed by atoms with Crippen LogP contribution in [0.25, 0.3) is 10.2 Å². The second-order valence-corrected chi connectivity index (χ2v) is 6.55. The van der Waals surface area contributed by atoms with Gasteiger partial charge in [-0.05, 0) is 12.1 Å². The molecule has 21 heavy (non-hydrogen) atoms. The molecule has 0 spiro atoms. The lowest BCUT2D eigenvalue weighted by atomic mass is 10.1. The summed E-state index contributed by atoms with van der Waals surface area (Å²) in [5.41, 5.74) is 1.03. The molecule has 112 valence electrons. The Balaban J connectivity index is 1.45. The number of anilines is 1. The Labute approximate surface area is 128 Å². The second kappa shape index (κ2) is 5.44. The van der Waals surface area contributed by atoms with Crippen LogP contribution in [0.1, 0.15) is 0 Å². The number of thiazole rings is 1. The van der Waals surface area contributed by atoms with Crippen molar-refractivity contribution in [3.05, 3.63) is 18.2 Å². The normalized spacial score (nSPS) is 20.7. The van der Waals surface area contributed by atoms with Gasteiger partial charge in [0.1, 0.15) is 5.75 Å². The Morgan fingerprint density at radius 2 is 2.10 bits per heavy atom. The maximum absolute atomic E-state index is 5.41. The predicted octanol–water partition coefficient (Wildman–Crippen LogP) is 1.83. The Kier molecular flexibility index (Phi) is 3.45. The zero-order valence-corrected chi connectivity index (χ0v) is 12.9. The summed E-state index contributed by atoms with van der Waals surface area (Å²) in [4.78, 5) is 9.65. The molecule has 2 aromatic rings. The number of methoxy groups -OCH3 is 1. The second-order valence-electron chi connectivity index (χ2n) is 5.54. The maximum Gasteiger partial charge on any atom is 0.186 e. The van der Waals surface area contributed by atoms with Gasteiger partial charge >= 0.3 is 0 Å². The van der Waals surface area contributed by atoms with Gasteiger partial charge in [-0.1, -0.05) is 11.3 Å². The molecule has 0 radical (unpaired) electrons. The summed E-state index contributed by atoms with van der Waals surface area (Å²) in [6, 6.07) is 6.76. The van der Waals surface area contributed by atoms with Crippen molar-refractivity contribution in [2.45, 2.75) is 6.04 Å². The highest BCUT2D eigenvalue weighted by molar-refractivity contribution is 7.22. The summed E-state index contributed by atoms with van der Waals surface area (Å²) >= 11 is 1.77. The SMILES string of the molecule is COc1ccc2sc(N3CC(N4CCOCC4)C3)nc2c1. The number of hydrogen-bond acceptors (Lipinski definition) is 6. The zero-order valence-electron chi connectivity index (χ0n) is 12.1. The Morgan fingerprint density at radius 1 is 1.29 bits per heavy atom. The minimum absolute atomic E-state index is 0.662. The van der Waals surface area contributed by atoms with E-state index in [1.165, 1.54) is 4.70 Å². The van der Waals surface area contributed by atoms with E-state index in [1.807, 2.05) is 12.1 Å². The molecule has 0 amide bonds. The Bertz CT molecular complexity index is 633. The molecule has 0 N–H and O–H groups in total. The third-order valence-corrected chi connectivity index (χ3v) is 5.38. The highest BCUT2D eigenvalue weighted by Gasteiger charge is 2.34. The molecule has 2 aliphatic rings. The summed E-state index contributed by atoms with van der Waals surface area (Å²) in [5.74, 6) is 0.870. The number of benzene rings is 1. The first-order chi connectivity index (χ1) is 10.3. The average molecular weight is 305 g/mol.